The van der Waals surface area contributed by atoms with E-state index in [-0.39, 0.29) is 5.91 Å². The highest BCUT2D eigenvalue weighted by Gasteiger charge is 2.10. The topological polar surface area (TPSA) is 46.9 Å². The molecule has 0 saturated heterocycles. The second-order valence-electron chi connectivity index (χ2n) is 9.79. The highest BCUT2D eigenvalue weighted by atomic mass is 16.1. The van der Waals surface area contributed by atoms with Crippen molar-refractivity contribution in [3.05, 3.63) is 66.0 Å². The Morgan fingerprint density at radius 1 is 0.771 bits per heavy atom. The van der Waals surface area contributed by atoms with Gasteiger partial charge in [-0.2, -0.15) is 0 Å². The third-order valence-electron chi connectivity index (χ3n) is 6.85. The normalized spacial score (nSPS) is 11.2. The van der Waals surface area contributed by atoms with E-state index in [1.807, 2.05) is 18.2 Å². The number of benzene rings is 2. The number of carbonyl (C=O) groups excluding carboxylic acids is 1. The molecule has 35 heavy (non-hydrogen) atoms. The molecular formula is C31H45N3O. The van der Waals surface area contributed by atoms with Gasteiger partial charge >= 0.3 is 0 Å². The SMILES string of the molecule is CCCCCCCCCCn1c(CCCCCNC(=O)CCc2ccccc2)nc2ccccc21. The van der Waals surface area contributed by atoms with Gasteiger partial charge in [0, 0.05) is 25.9 Å². The number of para-hydroxylation sites is 2. The number of hydrogen-bond donors (Lipinski definition) is 1. The van der Waals surface area contributed by atoms with Crippen molar-refractivity contribution < 1.29 is 4.79 Å². The number of aryl methyl sites for hydroxylation is 3. The predicted molar refractivity (Wildman–Crippen MR) is 148 cm³/mol. The number of hydrogen-bond acceptors (Lipinski definition) is 2. The summed E-state index contributed by atoms with van der Waals surface area (Å²) in [5, 5.41) is 3.08. The Hall–Kier alpha value is -2.62. The van der Waals surface area contributed by atoms with Gasteiger partial charge in [-0.1, -0.05) is 101 Å². The van der Waals surface area contributed by atoms with E-state index in [4.69, 9.17) is 4.98 Å². The molecule has 0 aliphatic heterocycles. The fourth-order valence-electron chi connectivity index (χ4n) is 4.77. The Kier molecular flexibility index (Phi) is 12.4. The van der Waals surface area contributed by atoms with E-state index in [9.17, 15) is 4.79 Å². The van der Waals surface area contributed by atoms with E-state index in [2.05, 4.69) is 53.2 Å². The molecule has 1 amide bonds. The van der Waals surface area contributed by atoms with E-state index in [0.717, 1.165) is 50.7 Å². The van der Waals surface area contributed by atoms with Gasteiger partial charge in [0.25, 0.3) is 0 Å². The Balaban J connectivity index is 1.34. The summed E-state index contributed by atoms with van der Waals surface area (Å²) in [5.74, 6) is 1.38. The zero-order chi connectivity index (χ0) is 24.6. The van der Waals surface area contributed by atoms with Gasteiger partial charge in [-0.25, -0.2) is 4.98 Å². The van der Waals surface area contributed by atoms with Crippen molar-refractivity contribution in [2.45, 2.75) is 103 Å². The van der Waals surface area contributed by atoms with E-state index >= 15 is 0 Å². The number of nitrogens with zero attached hydrogens (tertiary/aromatic N) is 2. The molecule has 0 fully saturated rings. The molecule has 0 unspecified atom stereocenters. The summed E-state index contributed by atoms with van der Waals surface area (Å²) in [7, 11) is 0. The molecule has 3 rings (SSSR count). The summed E-state index contributed by atoms with van der Waals surface area (Å²) in [4.78, 5) is 17.1. The maximum Gasteiger partial charge on any atom is 0.220 e. The van der Waals surface area contributed by atoms with Crippen molar-refractivity contribution in [2.75, 3.05) is 6.54 Å². The van der Waals surface area contributed by atoms with Crippen LogP contribution in [-0.2, 0) is 24.2 Å². The van der Waals surface area contributed by atoms with E-state index < -0.39 is 0 Å². The van der Waals surface area contributed by atoms with Crippen molar-refractivity contribution in [1.82, 2.24) is 14.9 Å². The Labute approximate surface area is 212 Å². The summed E-state index contributed by atoms with van der Waals surface area (Å²) in [6, 6.07) is 18.8. The maximum absolute atomic E-state index is 12.1. The molecule has 1 aromatic heterocycles. The number of carbonyl (C=O) groups is 1. The van der Waals surface area contributed by atoms with Crippen LogP contribution in [0.5, 0.6) is 0 Å². The van der Waals surface area contributed by atoms with Crippen LogP contribution >= 0.6 is 0 Å². The molecule has 0 aliphatic carbocycles. The van der Waals surface area contributed by atoms with Crippen LogP contribution in [0.4, 0.5) is 0 Å². The van der Waals surface area contributed by atoms with Gasteiger partial charge in [0.2, 0.25) is 5.91 Å². The fourth-order valence-corrected chi connectivity index (χ4v) is 4.77. The lowest BCUT2D eigenvalue weighted by molar-refractivity contribution is -0.121. The number of amides is 1. The van der Waals surface area contributed by atoms with Crippen LogP contribution in [0.15, 0.2) is 54.6 Å². The average molecular weight is 476 g/mol. The van der Waals surface area contributed by atoms with Gasteiger partial charge < -0.3 is 9.88 Å². The third kappa shape index (κ3) is 9.87. The zero-order valence-electron chi connectivity index (χ0n) is 21.8. The number of nitrogens with one attached hydrogen (secondary N) is 1. The lowest BCUT2D eigenvalue weighted by atomic mass is 10.1. The second kappa shape index (κ2) is 16.1. The Morgan fingerprint density at radius 3 is 2.26 bits per heavy atom. The number of fused-ring (bicyclic) bond motifs is 1. The van der Waals surface area contributed by atoms with Gasteiger partial charge in [-0.05, 0) is 43.4 Å². The molecule has 190 valence electrons. The minimum absolute atomic E-state index is 0.154. The summed E-state index contributed by atoms with van der Waals surface area (Å²) in [5.41, 5.74) is 3.61. The first-order chi connectivity index (χ1) is 17.3. The van der Waals surface area contributed by atoms with Gasteiger partial charge in [-0.15, -0.1) is 0 Å². The van der Waals surface area contributed by atoms with Gasteiger partial charge in [0.1, 0.15) is 5.82 Å². The van der Waals surface area contributed by atoms with Crippen LogP contribution in [0, 0.1) is 0 Å². The predicted octanol–water partition coefficient (Wildman–Crippen LogP) is 7.64. The lowest BCUT2D eigenvalue weighted by Gasteiger charge is -2.10. The maximum atomic E-state index is 12.1. The summed E-state index contributed by atoms with van der Waals surface area (Å²) < 4.78 is 2.46. The van der Waals surface area contributed by atoms with Crippen LogP contribution in [0.2, 0.25) is 0 Å². The highest BCUT2D eigenvalue weighted by Crippen LogP contribution is 2.19. The molecule has 4 heteroatoms. The summed E-state index contributed by atoms with van der Waals surface area (Å²) in [6.07, 6.45) is 16.4. The Morgan fingerprint density at radius 2 is 1.46 bits per heavy atom. The highest BCUT2D eigenvalue weighted by molar-refractivity contribution is 5.76. The standard InChI is InChI=1S/C31H45N3O/c1-2-3-4-5-6-7-8-17-26-34-29-21-15-14-20-28(29)33-30(34)22-13-10-16-25-32-31(35)24-23-27-18-11-9-12-19-27/h9,11-12,14-15,18-21H,2-8,10,13,16-17,22-26H2,1H3,(H,32,35). The smallest absolute Gasteiger partial charge is 0.220 e. The van der Waals surface area contributed by atoms with Crippen molar-refractivity contribution in [2.24, 2.45) is 0 Å². The van der Waals surface area contributed by atoms with Crippen LogP contribution in [0.25, 0.3) is 11.0 Å². The molecule has 0 aliphatic rings. The zero-order valence-corrected chi connectivity index (χ0v) is 21.8. The molecule has 3 aromatic rings. The molecule has 1 N–H and O–H groups in total. The first kappa shape index (κ1) is 27.0. The van der Waals surface area contributed by atoms with Crippen molar-refractivity contribution >= 4 is 16.9 Å². The van der Waals surface area contributed by atoms with E-state index in [0.29, 0.717) is 6.42 Å². The monoisotopic (exact) mass is 475 g/mol. The van der Waals surface area contributed by atoms with Crippen molar-refractivity contribution in [3.8, 4) is 0 Å². The number of rotatable bonds is 18. The largest absolute Gasteiger partial charge is 0.356 e. The Bertz CT molecular complexity index is 979. The number of aromatic nitrogens is 2. The molecule has 0 saturated carbocycles. The first-order valence-electron chi connectivity index (χ1n) is 14.0. The summed E-state index contributed by atoms with van der Waals surface area (Å²) >= 11 is 0. The molecule has 0 radical (unpaired) electrons. The van der Waals surface area contributed by atoms with E-state index in [1.54, 1.807) is 0 Å². The molecule has 2 aromatic carbocycles. The van der Waals surface area contributed by atoms with Gasteiger partial charge in [0.15, 0.2) is 0 Å². The third-order valence-corrected chi connectivity index (χ3v) is 6.85. The van der Waals surface area contributed by atoms with Crippen molar-refractivity contribution in [1.29, 1.82) is 0 Å². The number of imidazole rings is 1. The summed E-state index contributed by atoms with van der Waals surface area (Å²) in [6.45, 7) is 4.11. The molecule has 0 spiro atoms. The van der Waals surface area contributed by atoms with Gasteiger partial charge in [0.05, 0.1) is 11.0 Å². The minimum atomic E-state index is 0.154. The van der Waals surface area contributed by atoms with E-state index in [1.165, 1.54) is 68.3 Å². The second-order valence-corrected chi connectivity index (χ2v) is 9.79. The molecule has 1 heterocycles. The fraction of sp³-hybridized carbons (Fsp3) is 0.548. The quantitative estimate of drug-likeness (QED) is 0.192. The molecule has 0 bridgehead atoms. The molecule has 4 nitrogen and oxygen atoms in total. The van der Waals surface area contributed by atoms with Crippen LogP contribution in [0.1, 0.15) is 95.4 Å². The molecular weight excluding hydrogens is 430 g/mol. The van der Waals surface area contributed by atoms with Gasteiger partial charge in [-0.3, -0.25) is 4.79 Å². The first-order valence-corrected chi connectivity index (χ1v) is 14.0. The molecule has 0 atom stereocenters. The number of unbranched alkanes of at least 4 members (excludes halogenated alkanes) is 9. The van der Waals surface area contributed by atoms with Crippen LogP contribution < -0.4 is 5.32 Å². The lowest BCUT2D eigenvalue weighted by Crippen LogP contribution is -2.24. The van der Waals surface area contributed by atoms with Crippen molar-refractivity contribution in [3.63, 3.8) is 0 Å². The van der Waals surface area contributed by atoms with Crippen LogP contribution in [-0.4, -0.2) is 22.0 Å². The minimum Gasteiger partial charge on any atom is -0.356 e. The van der Waals surface area contributed by atoms with Crippen LogP contribution in [0.3, 0.4) is 0 Å². The average Bonchev–Trinajstić information content (AvgIpc) is 3.24.